The van der Waals surface area contributed by atoms with Gasteiger partial charge in [0.2, 0.25) is 11.8 Å². The number of ether oxygens (including phenoxy) is 1. The van der Waals surface area contributed by atoms with Gasteiger partial charge in [-0.05, 0) is 12.1 Å². The van der Waals surface area contributed by atoms with Gasteiger partial charge in [0, 0.05) is 19.2 Å². The van der Waals surface area contributed by atoms with Gasteiger partial charge in [-0.2, -0.15) is 0 Å². The number of fused-ring (bicyclic) bond motifs is 1. The molecule has 1 atom stereocenters. The first-order valence-electron chi connectivity index (χ1n) is 6.32. The summed E-state index contributed by atoms with van der Waals surface area (Å²) in [5, 5.41) is 6.00. The van der Waals surface area contributed by atoms with Crippen LogP contribution < -0.4 is 15.4 Å². The van der Waals surface area contributed by atoms with Crippen molar-refractivity contribution in [1.29, 1.82) is 0 Å². The van der Waals surface area contributed by atoms with Crippen LogP contribution in [0.2, 0.25) is 0 Å². The first kappa shape index (κ1) is 12.6. The van der Waals surface area contributed by atoms with E-state index in [-0.39, 0.29) is 11.9 Å². The molecule has 0 saturated heterocycles. The molecule has 1 amide bonds. The van der Waals surface area contributed by atoms with Crippen molar-refractivity contribution in [2.45, 2.75) is 19.0 Å². The van der Waals surface area contributed by atoms with Crippen LogP contribution in [0.15, 0.2) is 24.7 Å². The molecule has 2 aromatic heterocycles. The van der Waals surface area contributed by atoms with Crippen molar-refractivity contribution in [1.82, 2.24) is 20.3 Å². The van der Waals surface area contributed by atoms with Crippen LogP contribution in [0, 0.1) is 0 Å². The van der Waals surface area contributed by atoms with E-state index >= 15 is 0 Å². The Balaban J connectivity index is 1.71. The Hall–Kier alpha value is -2.41. The third-order valence-electron chi connectivity index (χ3n) is 3.27. The minimum atomic E-state index is -0.310. The van der Waals surface area contributed by atoms with E-state index in [9.17, 15) is 4.79 Å². The largest absolute Gasteiger partial charge is 0.480 e. The van der Waals surface area contributed by atoms with Crippen LogP contribution in [-0.2, 0) is 17.8 Å². The monoisotopic (exact) mass is 273 g/mol. The molecule has 1 aliphatic rings. The molecule has 0 aromatic carbocycles. The van der Waals surface area contributed by atoms with Crippen LogP contribution in [0.3, 0.4) is 0 Å². The Morgan fingerprint density at radius 2 is 2.40 bits per heavy atom. The van der Waals surface area contributed by atoms with Crippen molar-refractivity contribution >= 4 is 11.6 Å². The summed E-state index contributed by atoms with van der Waals surface area (Å²) in [7, 11) is 1.52. The Morgan fingerprint density at radius 3 is 3.25 bits per heavy atom. The number of carbonyl (C=O) groups is 1. The average molecular weight is 273 g/mol. The molecule has 0 aliphatic carbocycles. The van der Waals surface area contributed by atoms with Gasteiger partial charge in [0.25, 0.3) is 0 Å². The van der Waals surface area contributed by atoms with Gasteiger partial charge in [0.1, 0.15) is 5.69 Å². The molecule has 3 heterocycles. The summed E-state index contributed by atoms with van der Waals surface area (Å²) < 4.78 is 5.11. The first-order valence-corrected chi connectivity index (χ1v) is 6.32. The molecule has 104 valence electrons. The highest BCUT2D eigenvalue weighted by Crippen LogP contribution is 2.21. The molecule has 20 heavy (non-hydrogen) atoms. The van der Waals surface area contributed by atoms with E-state index in [1.165, 1.54) is 7.11 Å². The van der Waals surface area contributed by atoms with Crippen LogP contribution in [0.5, 0.6) is 5.88 Å². The Kier molecular flexibility index (Phi) is 3.34. The second kappa shape index (κ2) is 5.30. The maximum atomic E-state index is 12.3. The summed E-state index contributed by atoms with van der Waals surface area (Å²) in [4.78, 5) is 23.6. The normalized spacial score (nSPS) is 17.4. The van der Waals surface area contributed by atoms with Crippen LogP contribution >= 0.6 is 0 Å². The fourth-order valence-electron chi connectivity index (χ4n) is 2.22. The summed E-state index contributed by atoms with van der Waals surface area (Å²) in [6, 6.07) is 3.20. The lowest BCUT2D eigenvalue weighted by Crippen LogP contribution is -2.44. The zero-order valence-corrected chi connectivity index (χ0v) is 11.0. The number of imidazole rings is 1. The lowest BCUT2D eigenvalue weighted by atomic mass is 10.0. The molecule has 7 nitrogen and oxygen atoms in total. The maximum absolute atomic E-state index is 12.3. The summed E-state index contributed by atoms with van der Waals surface area (Å²) in [5.41, 5.74) is 2.53. The van der Waals surface area contributed by atoms with Crippen molar-refractivity contribution in [3.63, 3.8) is 0 Å². The fraction of sp³-hybridized carbons (Fsp3) is 0.308. The number of anilines is 1. The number of rotatable bonds is 3. The quantitative estimate of drug-likeness (QED) is 0.756. The summed E-state index contributed by atoms with van der Waals surface area (Å²) in [6.45, 7) is 0.609. The van der Waals surface area contributed by atoms with Crippen molar-refractivity contribution in [3.05, 3.63) is 36.0 Å². The molecule has 2 aromatic rings. The van der Waals surface area contributed by atoms with Crippen molar-refractivity contribution in [2.24, 2.45) is 0 Å². The van der Waals surface area contributed by atoms with Gasteiger partial charge in [-0.3, -0.25) is 10.1 Å². The van der Waals surface area contributed by atoms with Crippen LogP contribution in [0.25, 0.3) is 0 Å². The lowest BCUT2D eigenvalue weighted by Gasteiger charge is -2.22. The van der Waals surface area contributed by atoms with E-state index in [0.29, 0.717) is 24.5 Å². The smallest absolute Gasteiger partial charge is 0.242 e. The van der Waals surface area contributed by atoms with Gasteiger partial charge in [-0.1, -0.05) is 0 Å². The highest BCUT2D eigenvalue weighted by atomic mass is 16.5. The highest BCUT2D eigenvalue weighted by Gasteiger charge is 2.26. The number of amides is 1. The molecule has 1 aliphatic heterocycles. The molecule has 0 spiro atoms. The number of pyridine rings is 1. The minimum Gasteiger partial charge on any atom is -0.480 e. The molecule has 7 heteroatoms. The molecule has 0 bridgehead atoms. The van der Waals surface area contributed by atoms with Gasteiger partial charge in [-0.25, -0.2) is 9.97 Å². The number of nitrogens with zero attached hydrogens (tertiary/aromatic N) is 2. The first-order chi connectivity index (χ1) is 9.78. The third kappa shape index (κ3) is 2.35. The van der Waals surface area contributed by atoms with Gasteiger partial charge < -0.3 is 15.0 Å². The van der Waals surface area contributed by atoms with Gasteiger partial charge >= 0.3 is 0 Å². The van der Waals surface area contributed by atoms with E-state index in [4.69, 9.17) is 4.74 Å². The van der Waals surface area contributed by atoms with Gasteiger partial charge in [0.05, 0.1) is 30.9 Å². The molecule has 1 unspecified atom stereocenters. The molecular formula is C13H15N5O2. The summed E-state index contributed by atoms with van der Waals surface area (Å²) in [6.07, 6.45) is 3.83. The van der Waals surface area contributed by atoms with Gasteiger partial charge in [-0.15, -0.1) is 0 Å². The minimum absolute atomic E-state index is 0.120. The lowest BCUT2D eigenvalue weighted by molar-refractivity contribution is -0.118. The van der Waals surface area contributed by atoms with E-state index in [1.54, 1.807) is 24.7 Å². The molecule has 3 rings (SSSR count). The van der Waals surface area contributed by atoms with Crippen LogP contribution in [0.4, 0.5) is 5.69 Å². The highest BCUT2D eigenvalue weighted by molar-refractivity contribution is 5.96. The maximum Gasteiger partial charge on any atom is 0.242 e. The fourth-order valence-corrected chi connectivity index (χ4v) is 2.22. The zero-order valence-electron chi connectivity index (χ0n) is 11.0. The third-order valence-corrected chi connectivity index (χ3v) is 3.27. The van der Waals surface area contributed by atoms with Gasteiger partial charge in [0.15, 0.2) is 0 Å². The molecule has 3 N–H and O–H groups in total. The van der Waals surface area contributed by atoms with Crippen LogP contribution in [0.1, 0.15) is 11.4 Å². The Morgan fingerprint density at radius 1 is 1.50 bits per heavy atom. The predicted molar refractivity (Wildman–Crippen MR) is 72.3 cm³/mol. The van der Waals surface area contributed by atoms with E-state index in [1.807, 2.05) is 0 Å². The van der Waals surface area contributed by atoms with E-state index < -0.39 is 0 Å². The molecular weight excluding hydrogens is 258 g/mol. The SMILES string of the molecule is COc1ncccc1NC(=O)C1Cc2nc[nH]c2CN1. The van der Waals surface area contributed by atoms with E-state index in [2.05, 4.69) is 25.6 Å². The number of methoxy groups -OCH3 is 1. The second-order valence-corrected chi connectivity index (χ2v) is 4.51. The van der Waals surface area contributed by atoms with Crippen molar-refractivity contribution in [3.8, 4) is 5.88 Å². The number of hydrogen-bond acceptors (Lipinski definition) is 5. The number of hydrogen-bond donors (Lipinski definition) is 3. The Labute approximate surface area is 115 Å². The summed E-state index contributed by atoms with van der Waals surface area (Å²) in [5.74, 6) is 0.280. The predicted octanol–water partition coefficient (Wildman–Crippen LogP) is 0.466. The average Bonchev–Trinajstić information content (AvgIpc) is 2.95. The molecule has 0 saturated carbocycles. The van der Waals surface area contributed by atoms with E-state index in [0.717, 1.165) is 11.4 Å². The zero-order chi connectivity index (χ0) is 13.9. The van der Waals surface area contributed by atoms with Crippen LogP contribution in [-0.4, -0.2) is 34.0 Å². The molecule has 0 radical (unpaired) electrons. The Bertz CT molecular complexity index is 625. The second-order valence-electron chi connectivity index (χ2n) is 4.51. The summed E-state index contributed by atoms with van der Waals surface area (Å²) >= 11 is 0. The number of aromatic nitrogens is 3. The topological polar surface area (TPSA) is 91.9 Å². The number of carbonyl (C=O) groups excluding carboxylic acids is 1. The number of H-pyrrole nitrogens is 1. The number of aromatic amines is 1. The number of nitrogens with one attached hydrogen (secondary N) is 3. The van der Waals surface area contributed by atoms with Crippen molar-refractivity contribution in [2.75, 3.05) is 12.4 Å². The standard InChI is InChI=1S/C13H15N5O2/c1-20-13-8(3-2-4-14-13)18-12(19)10-5-9-11(6-15-10)17-7-16-9/h2-4,7,10,15H,5-6H2,1H3,(H,16,17)(H,18,19). The van der Waals surface area contributed by atoms with Crippen molar-refractivity contribution < 1.29 is 9.53 Å². The molecule has 0 fully saturated rings.